The first-order valence-electron chi connectivity index (χ1n) is 11.3. The number of carbonyl (C=O) groups is 1. The number of likely N-dealkylation sites (N-methyl/N-ethyl adjacent to an activating group) is 1. The lowest BCUT2D eigenvalue weighted by atomic mass is 9.85. The van der Waals surface area contributed by atoms with Gasteiger partial charge in [0, 0.05) is 12.6 Å². The number of para-hydroxylation sites is 1. The molecule has 35 heavy (non-hydrogen) atoms. The number of aliphatic imine (C=N–C) groups is 1. The summed E-state index contributed by atoms with van der Waals surface area (Å²) in [6.07, 6.45) is -1.31. The van der Waals surface area contributed by atoms with Crippen LogP contribution in [-0.2, 0) is 21.7 Å². The molecule has 7 heteroatoms. The van der Waals surface area contributed by atoms with Crippen molar-refractivity contribution in [1.29, 1.82) is 0 Å². The molecule has 6 rings (SSSR count). The molecule has 0 spiro atoms. The smallest absolute Gasteiger partial charge is 0.267 e. The van der Waals surface area contributed by atoms with Crippen molar-refractivity contribution in [3.05, 3.63) is 111 Å². The Kier molecular flexibility index (Phi) is 4.66. The molecule has 174 valence electrons. The first-order chi connectivity index (χ1) is 16.9. The van der Waals surface area contributed by atoms with Crippen LogP contribution in [-0.4, -0.2) is 24.0 Å². The van der Waals surface area contributed by atoms with E-state index < -0.39 is 17.6 Å². The average molecular weight is 466 g/mol. The van der Waals surface area contributed by atoms with Gasteiger partial charge in [0.1, 0.15) is 5.58 Å². The Hall–Kier alpha value is -4.23. The number of hydrogen-bond donors (Lipinski definition) is 1. The van der Waals surface area contributed by atoms with Gasteiger partial charge in [0.05, 0.1) is 23.2 Å². The van der Waals surface area contributed by atoms with Crippen LogP contribution in [0.1, 0.15) is 34.1 Å². The third-order valence-corrected chi connectivity index (χ3v) is 6.70. The molecule has 1 amide bonds. The minimum absolute atomic E-state index is 0.0849. The summed E-state index contributed by atoms with van der Waals surface area (Å²) >= 11 is 0. The maximum absolute atomic E-state index is 13.8. The van der Waals surface area contributed by atoms with Crippen LogP contribution in [0.4, 0.5) is 5.69 Å². The summed E-state index contributed by atoms with van der Waals surface area (Å²) in [4.78, 5) is 33.1. The third-order valence-electron chi connectivity index (χ3n) is 6.70. The Morgan fingerprint density at radius 3 is 2.57 bits per heavy atom. The normalized spacial score (nSPS) is 21.9. The molecule has 7 nitrogen and oxygen atoms in total. The number of aliphatic hydroxyl groups is 1. The van der Waals surface area contributed by atoms with Gasteiger partial charge in [-0.15, -0.1) is 0 Å². The number of rotatable bonds is 3. The molecule has 2 atom stereocenters. The maximum atomic E-state index is 13.8. The largest absolute Gasteiger partial charge is 0.463 e. The minimum atomic E-state index is -2.11. The summed E-state index contributed by atoms with van der Waals surface area (Å²) in [5.41, 5.74) is 0.766. The van der Waals surface area contributed by atoms with Gasteiger partial charge in [-0.1, -0.05) is 60.2 Å². The highest BCUT2D eigenvalue weighted by molar-refractivity contribution is 6.08. The van der Waals surface area contributed by atoms with Crippen molar-refractivity contribution < 1.29 is 19.1 Å². The molecule has 0 saturated carbocycles. The number of hydrogen-bond acceptors (Lipinski definition) is 6. The summed E-state index contributed by atoms with van der Waals surface area (Å²) in [7, 11) is 1.59. The van der Waals surface area contributed by atoms with Gasteiger partial charge in [-0.3, -0.25) is 9.59 Å². The lowest BCUT2D eigenvalue weighted by Crippen LogP contribution is -2.44. The number of amides is 1. The van der Waals surface area contributed by atoms with Crippen molar-refractivity contribution in [3.63, 3.8) is 0 Å². The van der Waals surface area contributed by atoms with E-state index in [9.17, 15) is 14.7 Å². The zero-order chi connectivity index (χ0) is 24.3. The molecule has 0 radical (unpaired) electrons. The maximum Gasteiger partial charge on any atom is 0.267 e. The van der Waals surface area contributed by atoms with Crippen LogP contribution in [0, 0.1) is 6.92 Å². The van der Waals surface area contributed by atoms with Crippen molar-refractivity contribution >= 4 is 28.5 Å². The zero-order valence-corrected chi connectivity index (χ0v) is 19.2. The highest BCUT2D eigenvalue weighted by Crippen LogP contribution is 2.50. The molecule has 4 aromatic rings. The number of nitrogens with zero attached hydrogens (tertiary/aromatic N) is 2. The van der Waals surface area contributed by atoms with E-state index in [0.717, 1.165) is 11.1 Å². The third kappa shape index (κ3) is 3.05. The monoisotopic (exact) mass is 466 g/mol. The van der Waals surface area contributed by atoms with Crippen LogP contribution in [0.25, 0.3) is 11.0 Å². The number of anilines is 1. The Balaban J connectivity index is 1.58. The van der Waals surface area contributed by atoms with Crippen LogP contribution in [0.2, 0.25) is 0 Å². The van der Waals surface area contributed by atoms with Crippen LogP contribution in [0.15, 0.2) is 87.0 Å². The topological polar surface area (TPSA) is 92.3 Å². The molecule has 0 fully saturated rings. The average Bonchev–Trinajstić information content (AvgIpc) is 3.34. The van der Waals surface area contributed by atoms with E-state index >= 15 is 0 Å². The van der Waals surface area contributed by atoms with Gasteiger partial charge in [0.15, 0.2) is 11.9 Å². The van der Waals surface area contributed by atoms with Gasteiger partial charge in [-0.2, -0.15) is 0 Å². The van der Waals surface area contributed by atoms with Crippen molar-refractivity contribution in [2.75, 3.05) is 11.9 Å². The molecule has 2 aliphatic rings. The molecule has 0 saturated heterocycles. The van der Waals surface area contributed by atoms with Crippen molar-refractivity contribution in [2.45, 2.75) is 25.2 Å². The van der Waals surface area contributed by atoms with Gasteiger partial charge in [0.25, 0.3) is 11.8 Å². The van der Waals surface area contributed by atoms with Gasteiger partial charge in [-0.25, -0.2) is 4.99 Å². The van der Waals surface area contributed by atoms with Crippen LogP contribution in [0.5, 0.6) is 0 Å². The minimum Gasteiger partial charge on any atom is -0.463 e. The molecular weight excluding hydrogens is 444 g/mol. The molecule has 2 aliphatic heterocycles. The fourth-order valence-electron chi connectivity index (χ4n) is 4.92. The van der Waals surface area contributed by atoms with Gasteiger partial charge in [0.2, 0.25) is 11.0 Å². The second-order valence-corrected chi connectivity index (χ2v) is 8.93. The van der Waals surface area contributed by atoms with E-state index in [4.69, 9.17) is 9.15 Å². The van der Waals surface area contributed by atoms with Crippen LogP contribution < -0.4 is 10.3 Å². The summed E-state index contributed by atoms with van der Waals surface area (Å²) in [5, 5.41) is 12.3. The second-order valence-electron chi connectivity index (χ2n) is 8.93. The number of ether oxygens (including phenoxy) is 1. The van der Waals surface area contributed by atoms with Gasteiger partial charge in [-0.05, 0) is 30.7 Å². The highest BCUT2D eigenvalue weighted by Gasteiger charge is 2.60. The van der Waals surface area contributed by atoms with E-state index in [1.165, 1.54) is 4.90 Å². The Morgan fingerprint density at radius 1 is 1.03 bits per heavy atom. The molecular formula is C28H22N2O5. The van der Waals surface area contributed by atoms with Gasteiger partial charge >= 0.3 is 0 Å². The number of benzene rings is 3. The molecule has 0 unspecified atom stereocenters. The van der Waals surface area contributed by atoms with E-state index in [1.54, 1.807) is 43.4 Å². The molecule has 3 aromatic carbocycles. The number of aryl methyl sites for hydroxylation is 1. The fourth-order valence-corrected chi connectivity index (χ4v) is 4.92. The number of carbonyl (C=O) groups excluding carboxylic acids is 1. The quantitative estimate of drug-likeness (QED) is 0.493. The Morgan fingerprint density at radius 2 is 1.77 bits per heavy atom. The predicted molar refractivity (Wildman–Crippen MR) is 131 cm³/mol. The summed E-state index contributed by atoms with van der Waals surface area (Å²) in [5.74, 6) is -0.357. The summed E-state index contributed by atoms with van der Waals surface area (Å²) in [6, 6.07) is 21.8. The highest BCUT2D eigenvalue weighted by atomic mass is 16.5. The second kappa shape index (κ2) is 7.65. The molecule has 0 bridgehead atoms. The van der Waals surface area contributed by atoms with E-state index in [0.29, 0.717) is 22.2 Å². The molecule has 0 aliphatic carbocycles. The van der Waals surface area contributed by atoms with Crippen molar-refractivity contribution in [1.82, 2.24) is 0 Å². The summed E-state index contributed by atoms with van der Waals surface area (Å²) in [6.45, 7) is 2.16. The van der Waals surface area contributed by atoms with Crippen molar-refractivity contribution in [3.8, 4) is 0 Å². The first kappa shape index (κ1) is 21.3. The predicted octanol–water partition coefficient (Wildman–Crippen LogP) is 3.98. The zero-order valence-electron chi connectivity index (χ0n) is 19.2. The Bertz CT molecular complexity index is 1590. The van der Waals surface area contributed by atoms with Crippen LogP contribution >= 0.6 is 0 Å². The van der Waals surface area contributed by atoms with E-state index in [1.807, 2.05) is 43.3 Å². The standard InChI is InChI=1S/C28H22N2O5/c1-16-12-13-21-18(14-16)23(31)22-24(34-21)26(29-15-17-8-4-3-5-9-17)35-25(22)28(33)19-10-6-7-11-20(19)30(2)27(28)32/h3-14,25,33H,15H2,1-2H3/t25-,28-/m0/s1. The van der Waals surface area contributed by atoms with Crippen LogP contribution in [0.3, 0.4) is 0 Å². The lowest BCUT2D eigenvalue weighted by Gasteiger charge is -2.27. The lowest BCUT2D eigenvalue weighted by molar-refractivity contribution is -0.147. The van der Waals surface area contributed by atoms with E-state index in [2.05, 4.69) is 4.99 Å². The molecule has 1 N–H and O–H groups in total. The Labute approximate surface area is 200 Å². The number of fused-ring (bicyclic) bond motifs is 3. The van der Waals surface area contributed by atoms with Crippen molar-refractivity contribution in [2.24, 2.45) is 4.99 Å². The SMILES string of the molecule is Cc1ccc2oc3c(c(=O)c2c1)[C@@H]([C@]1(O)C(=O)N(C)c2ccccc21)OC3=NCc1ccccc1. The molecule has 1 aromatic heterocycles. The summed E-state index contributed by atoms with van der Waals surface area (Å²) < 4.78 is 12.3. The first-order valence-corrected chi connectivity index (χ1v) is 11.3. The molecule has 3 heterocycles. The van der Waals surface area contributed by atoms with Gasteiger partial charge < -0.3 is 19.2 Å². The van der Waals surface area contributed by atoms with E-state index in [-0.39, 0.29) is 29.2 Å². The fraction of sp³-hybridized carbons (Fsp3) is 0.179.